The van der Waals surface area contributed by atoms with E-state index in [0.29, 0.717) is 19.3 Å². The second kappa shape index (κ2) is 62.0. The molecule has 0 aliphatic carbocycles. The minimum Gasteiger partial charge on any atom is -0.462 e. The third kappa shape index (κ3) is 59.3. The molecular formula is C66H128O6. The molecule has 0 N–H and O–H groups in total. The molecule has 0 rings (SSSR count). The summed E-state index contributed by atoms with van der Waals surface area (Å²) < 4.78 is 16.9. The van der Waals surface area contributed by atoms with Gasteiger partial charge in [-0.2, -0.15) is 0 Å². The van der Waals surface area contributed by atoms with Crippen LogP contribution in [0.3, 0.4) is 0 Å². The van der Waals surface area contributed by atoms with Crippen LogP contribution in [-0.4, -0.2) is 37.2 Å². The fourth-order valence-corrected chi connectivity index (χ4v) is 10.4. The van der Waals surface area contributed by atoms with E-state index < -0.39 is 6.10 Å². The smallest absolute Gasteiger partial charge is 0.306 e. The number of carbonyl (C=O) groups is 3. The molecule has 0 aromatic carbocycles. The van der Waals surface area contributed by atoms with Gasteiger partial charge in [0.1, 0.15) is 13.2 Å². The first-order valence-electron chi connectivity index (χ1n) is 33.0. The van der Waals surface area contributed by atoms with Crippen LogP contribution in [0.2, 0.25) is 0 Å². The number of carbonyl (C=O) groups excluding carboxylic acids is 3. The summed E-state index contributed by atoms with van der Waals surface area (Å²) in [6.45, 7) is 6.72. The molecule has 0 aromatic rings. The Morgan fingerprint density at radius 1 is 0.222 bits per heavy atom. The van der Waals surface area contributed by atoms with Crippen LogP contribution >= 0.6 is 0 Å². The average Bonchev–Trinajstić information content (AvgIpc) is 3.38. The zero-order valence-corrected chi connectivity index (χ0v) is 49.2. The molecule has 0 aromatic heterocycles. The normalized spacial score (nSPS) is 11.9. The van der Waals surface area contributed by atoms with Gasteiger partial charge in [0, 0.05) is 19.3 Å². The zero-order valence-electron chi connectivity index (χ0n) is 49.2. The molecule has 0 bridgehead atoms. The van der Waals surface area contributed by atoms with Crippen LogP contribution < -0.4 is 0 Å². The molecule has 72 heavy (non-hydrogen) atoms. The van der Waals surface area contributed by atoms with Gasteiger partial charge in [0.2, 0.25) is 0 Å². The third-order valence-corrected chi connectivity index (χ3v) is 15.4. The van der Waals surface area contributed by atoms with E-state index in [0.717, 1.165) is 57.8 Å². The Labute approximate surface area is 450 Å². The molecular weight excluding hydrogens is 889 g/mol. The summed E-state index contributed by atoms with van der Waals surface area (Å²) in [5.41, 5.74) is 0. The number of ether oxygens (including phenoxy) is 3. The van der Waals surface area contributed by atoms with Crippen molar-refractivity contribution < 1.29 is 28.6 Å². The fourth-order valence-electron chi connectivity index (χ4n) is 10.4. The Kier molecular flexibility index (Phi) is 60.6. The molecule has 6 nitrogen and oxygen atoms in total. The number of esters is 3. The van der Waals surface area contributed by atoms with E-state index in [-0.39, 0.29) is 31.1 Å². The maximum Gasteiger partial charge on any atom is 0.306 e. The van der Waals surface area contributed by atoms with Crippen molar-refractivity contribution in [2.24, 2.45) is 0 Å². The second-order valence-electron chi connectivity index (χ2n) is 22.8. The van der Waals surface area contributed by atoms with Gasteiger partial charge in [-0.15, -0.1) is 0 Å². The average molecular weight is 1020 g/mol. The molecule has 0 spiro atoms. The topological polar surface area (TPSA) is 78.9 Å². The van der Waals surface area contributed by atoms with E-state index in [9.17, 15) is 14.4 Å². The van der Waals surface area contributed by atoms with Crippen LogP contribution in [0.5, 0.6) is 0 Å². The van der Waals surface area contributed by atoms with Crippen molar-refractivity contribution in [2.75, 3.05) is 13.2 Å². The van der Waals surface area contributed by atoms with E-state index >= 15 is 0 Å². The molecule has 6 heteroatoms. The van der Waals surface area contributed by atoms with Crippen molar-refractivity contribution in [1.29, 1.82) is 0 Å². The van der Waals surface area contributed by atoms with Gasteiger partial charge in [0.25, 0.3) is 0 Å². The standard InChI is InChI=1S/C66H128O6/c1-4-7-10-13-16-19-22-24-26-28-29-30-31-32-33-34-35-36-37-38-40-41-44-47-50-53-56-59-65(68)71-62-63(61-70-64(67)58-55-52-49-46-43-21-18-15-12-9-6-3)72-66(69)60-57-54-51-48-45-42-39-27-25-23-20-17-14-11-8-5-2/h63H,4-62H2,1-3H3. The Hall–Kier alpha value is -1.59. The Balaban J connectivity index is 4.11. The third-order valence-electron chi connectivity index (χ3n) is 15.4. The van der Waals surface area contributed by atoms with Crippen LogP contribution in [0.4, 0.5) is 0 Å². The fraction of sp³-hybridized carbons (Fsp3) is 0.955. The number of hydrogen-bond donors (Lipinski definition) is 0. The van der Waals surface area contributed by atoms with Gasteiger partial charge < -0.3 is 14.2 Å². The van der Waals surface area contributed by atoms with Crippen molar-refractivity contribution in [3.8, 4) is 0 Å². The Morgan fingerprint density at radius 3 is 0.556 bits per heavy atom. The first-order chi connectivity index (χ1) is 35.5. The highest BCUT2D eigenvalue weighted by Gasteiger charge is 2.19. The van der Waals surface area contributed by atoms with Crippen molar-refractivity contribution in [3.05, 3.63) is 0 Å². The maximum absolute atomic E-state index is 12.9. The summed E-state index contributed by atoms with van der Waals surface area (Å²) in [5.74, 6) is -0.828. The van der Waals surface area contributed by atoms with E-state index in [1.54, 1.807) is 0 Å². The molecule has 428 valence electrons. The van der Waals surface area contributed by atoms with Gasteiger partial charge in [0.15, 0.2) is 6.10 Å². The lowest BCUT2D eigenvalue weighted by Crippen LogP contribution is -2.30. The van der Waals surface area contributed by atoms with Crippen molar-refractivity contribution in [2.45, 2.75) is 393 Å². The Bertz CT molecular complexity index is 1080. The predicted octanol–water partition coefficient (Wildman–Crippen LogP) is 22.3. The minimum absolute atomic E-state index is 0.0607. The highest BCUT2D eigenvalue weighted by atomic mass is 16.6. The Morgan fingerprint density at radius 2 is 0.375 bits per heavy atom. The molecule has 0 saturated heterocycles. The van der Waals surface area contributed by atoms with Gasteiger partial charge in [0.05, 0.1) is 0 Å². The molecule has 0 aliphatic heterocycles. The van der Waals surface area contributed by atoms with Crippen LogP contribution in [0.1, 0.15) is 387 Å². The largest absolute Gasteiger partial charge is 0.462 e. The first-order valence-corrected chi connectivity index (χ1v) is 33.0. The number of hydrogen-bond acceptors (Lipinski definition) is 6. The SMILES string of the molecule is CCCCCCCCCCCCCCCCCCCCCCCCCCCCCC(=O)OCC(COC(=O)CCCCCCCCCCCCC)OC(=O)CCCCCCCCCCCCCCCCCC. The summed E-state index contributed by atoms with van der Waals surface area (Å²) in [6.07, 6.45) is 71.3. The zero-order chi connectivity index (χ0) is 52.2. The molecule has 0 radical (unpaired) electrons. The van der Waals surface area contributed by atoms with Crippen molar-refractivity contribution >= 4 is 17.9 Å². The van der Waals surface area contributed by atoms with Gasteiger partial charge in [-0.3, -0.25) is 14.4 Å². The monoisotopic (exact) mass is 1020 g/mol. The second-order valence-corrected chi connectivity index (χ2v) is 22.8. The van der Waals surface area contributed by atoms with E-state index in [1.807, 2.05) is 0 Å². The number of unbranched alkanes of at least 4 members (excludes halogenated alkanes) is 51. The lowest BCUT2D eigenvalue weighted by atomic mass is 10.0. The quantitative estimate of drug-likeness (QED) is 0.0343. The molecule has 0 amide bonds. The molecule has 0 heterocycles. The van der Waals surface area contributed by atoms with Crippen molar-refractivity contribution in [1.82, 2.24) is 0 Å². The van der Waals surface area contributed by atoms with Crippen LogP contribution in [0, 0.1) is 0 Å². The lowest BCUT2D eigenvalue weighted by Gasteiger charge is -2.18. The van der Waals surface area contributed by atoms with E-state index in [4.69, 9.17) is 14.2 Å². The number of rotatable bonds is 62. The van der Waals surface area contributed by atoms with Gasteiger partial charge >= 0.3 is 17.9 Å². The molecule has 1 atom stereocenters. The minimum atomic E-state index is -0.762. The van der Waals surface area contributed by atoms with Gasteiger partial charge in [-0.25, -0.2) is 0 Å². The van der Waals surface area contributed by atoms with Crippen LogP contribution in [0.15, 0.2) is 0 Å². The predicted molar refractivity (Wildman–Crippen MR) is 312 cm³/mol. The van der Waals surface area contributed by atoms with Gasteiger partial charge in [-0.05, 0) is 19.3 Å². The summed E-state index contributed by atoms with van der Waals surface area (Å²) in [5, 5.41) is 0. The highest BCUT2D eigenvalue weighted by Crippen LogP contribution is 2.19. The summed E-state index contributed by atoms with van der Waals surface area (Å²) in [4.78, 5) is 38.2. The molecule has 0 saturated carbocycles. The molecule has 0 aliphatic rings. The first kappa shape index (κ1) is 70.4. The lowest BCUT2D eigenvalue weighted by molar-refractivity contribution is -0.167. The maximum atomic E-state index is 12.9. The van der Waals surface area contributed by atoms with Crippen LogP contribution in [-0.2, 0) is 28.6 Å². The molecule has 0 fully saturated rings. The summed E-state index contributed by atoms with van der Waals surface area (Å²) >= 11 is 0. The summed E-state index contributed by atoms with van der Waals surface area (Å²) in [7, 11) is 0. The highest BCUT2D eigenvalue weighted by molar-refractivity contribution is 5.71. The van der Waals surface area contributed by atoms with E-state index in [1.165, 1.54) is 289 Å². The van der Waals surface area contributed by atoms with Gasteiger partial charge in [-0.1, -0.05) is 348 Å². The van der Waals surface area contributed by atoms with Crippen LogP contribution in [0.25, 0.3) is 0 Å². The van der Waals surface area contributed by atoms with Crippen molar-refractivity contribution in [3.63, 3.8) is 0 Å². The molecule has 1 unspecified atom stereocenters. The summed E-state index contributed by atoms with van der Waals surface area (Å²) in [6, 6.07) is 0. The van der Waals surface area contributed by atoms with E-state index in [2.05, 4.69) is 20.8 Å².